The van der Waals surface area contributed by atoms with E-state index in [0.717, 1.165) is 29.1 Å². The van der Waals surface area contributed by atoms with Crippen LogP contribution < -0.4 is 5.32 Å². The van der Waals surface area contributed by atoms with Gasteiger partial charge in [-0.05, 0) is 92.4 Å². The predicted octanol–water partition coefficient (Wildman–Crippen LogP) is 6.16. The topological polar surface area (TPSA) is 46.4 Å². The van der Waals surface area contributed by atoms with Crippen LogP contribution in [0.5, 0.6) is 0 Å². The highest BCUT2D eigenvalue weighted by atomic mass is 32.2. The Kier molecular flexibility index (Phi) is 5.88. The van der Waals surface area contributed by atoms with Crippen molar-refractivity contribution < 1.29 is 4.79 Å². The third kappa shape index (κ3) is 4.23. The zero-order chi connectivity index (χ0) is 22.1. The summed E-state index contributed by atoms with van der Waals surface area (Å²) in [5.74, 6) is -0.106. The molecule has 1 saturated heterocycles. The summed E-state index contributed by atoms with van der Waals surface area (Å²) < 4.78 is 2.28. The summed E-state index contributed by atoms with van der Waals surface area (Å²) in [4.78, 5) is 17.8. The lowest BCUT2D eigenvalue weighted by Gasteiger charge is -2.15. The molecule has 0 unspecified atom stereocenters. The summed E-state index contributed by atoms with van der Waals surface area (Å²) in [6, 6.07) is 16.6. The number of rotatable bonds is 4. The summed E-state index contributed by atoms with van der Waals surface area (Å²) >= 11 is 1.39. The van der Waals surface area contributed by atoms with E-state index in [2.05, 4.69) is 85.9 Å². The van der Waals surface area contributed by atoms with Crippen LogP contribution in [0.1, 0.15) is 40.6 Å². The zero-order valence-corrected chi connectivity index (χ0v) is 19.4. The summed E-state index contributed by atoms with van der Waals surface area (Å²) in [6.07, 6.45) is 2.96. The van der Waals surface area contributed by atoms with Gasteiger partial charge in [-0.15, -0.1) is 0 Å². The third-order valence-corrected chi connectivity index (χ3v) is 6.56. The SMILES string of the molecule is CCc1ccc(N=C2NC(=O)/C(=C/c3cc(C)n(-c4c(C)cccc4C)c3C)S2)cc1. The number of thioether (sulfide) groups is 1. The van der Waals surface area contributed by atoms with E-state index in [1.54, 1.807) is 0 Å². The molecule has 0 saturated carbocycles. The molecule has 2 heterocycles. The molecular weight excluding hydrogens is 402 g/mol. The van der Waals surface area contributed by atoms with Crippen LogP contribution in [0, 0.1) is 27.7 Å². The fraction of sp³-hybridized carbons (Fsp3) is 0.231. The fourth-order valence-electron chi connectivity index (χ4n) is 3.98. The maximum Gasteiger partial charge on any atom is 0.264 e. The molecule has 0 radical (unpaired) electrons. The third-order valence-electron chi connectivity index (χ3n) is 5.65. The highest BCUT2D eigenvalue weighted by molar-refractivity contribution is 8.18. The maximum atomic E-state index is 12.6. The first kappa shape index (κ1) is 21.2. The lowest BCUT2D eigenvalue weighted by molar-refractivity contribution is -0.115. The number of aryl methyl sites for hydroxylation is 4. The second-order valence-corrected chi connectivity index (χ2v) is 8.93. The van der Waals surface area contributed by atoms with E-state index >= 15 is 0 Å². The van der Waals surface area contributed by atoms with E-state index in [-0.39, 0.29) is 5.91 Å². The van der Waals surface area contributed by atoms with Crippen LogP contribution in [-0.4, -0.2) is 15.6 Å². The zero-order valence-electron chi connectivity index (χ0n) is 18.6. The van der Waals surface area contributed by atoms with Gasteiger partial charge >= 0.3 is 0 Å². The summed E-state index contributed by atoms with van der Waals surface area (Å²) in [5, 5.41) is 3.51. The van der Waals surface area contributed by atoms with Gasteiger partial charge in [0.1, 0.15) is 0 Å². The highest BCUT2D eigenvalue weighted by Crippen LogP contribution is 2.31. The number of nitrogens with zero attached hydrogens (tertiary/aromatic N) is 2. The molecule has 2 aromatic carbocycles. The molecule has 3 aromatic rings. The quantitative estimate of drug-likeness (QED) is 0.505. The van der Waals surface area contributed by atoms with Gasteiger partial charge in [-0.3, -0.25) is 4.79 Å². The minimum absolute atomic E-state index is 0.106. The molecule has 0 aliphatic carbocycles. The Labute approximate surface area is 188 Å². The van der Waals surface area contributed by atoms with Gasteiger partial charge in [0.05, 0.1) is 16.3 Å². The Balaban J connectivity index is 1.65. The molecule has 158 valence electrons. The number of amides is 1. The molecule has 31 heavy (non-hydrogen) atoms. The van der Waals surface area contributed by atoms with Crippen LogP contribution in [0.15, 0.2) is 58.4 Å². The van der Waals surface area contributed by atoms with Gasteiger partial charge in [-0.25, -0.2) is 4.99 Å². The molecule has 1 N–H and O–H groups in total. The van der Waals surface area contributed by atoms with Crippen LogP contribution in [0.3, 0.4) is 0 Å². The van der Waals surface area contributed by atoms with E-state index in [0.29, 0.717) is 10.1 Å². The van der Waals surface area contributed by atoms with Gasteiger partial charge in [0.25, 0.3) is 5.91 Å². The first-order chi connectivity index (χ1) is 14.9. The lowest BCUT2D eigenvalue weighted by Crippen LogP contribution is -2.19. The second kappa shape index (κ2) is 8.60. The summed E-state index contributed by atoms with van der Waals surface area (Å²) in [5.41, 5.74) is 9.11. The number of carbonyl (C=O) groups excluding carboxylic acids is 1. The van der Waals surface area contributed by atoms with Gasteiger partial charge < -0.3 is 9.88 Å². The largest absolute Gasteiger partial charge is 0.317 e. The number of amidine groups is 1. The van der Waals surface area contributed by atoms with Gasteiger partial charge in [-0.1, -0.05) is 37.3 Å². The molecule has 4 nitrogen and oxygen atoms in total. The van der Waals surface area contributed by atoms with Crippen LogP contribution in [-0.2, 0) is 11.2 Å². The summed E-state index contributed by atoms with van der Waals surface area (Å²) in [7, 11) is 0. The van der Waals surface area contributed by atoms with E-state index in [9.17, 15) is 4.79 Å². The molecule has 1 fully saturated rings. The average molecular weight is 430 g/mol. The van der Waals surface area contributed by atoms with E-state index in [4.69, 9.17) is 0 Å². The number of aliphatic imine (C=N–C) groups is 1. The minimum Gasteiger partial charge on any atom is -0.317 e. The average Bonchev–Trinajstić information content (AvgIpc) is 3.22. The van der Waals surface area contributed by atoms with E-state index < -0.39 is 0 Å². The first-order valence-corrected chi connectivity index (χ1v) is 11.3. The molecule has 0 bridgehead atoms. The molecule has 5 heteroatoms. The smallest absolute Gasteiger partial charge is 0.264 e. The molecular formula is C26H27N3OS. The van der Waals surface area contributed by atoms with Gasteiger partial charge in [0.15, 0.2) is 5.17 Å². The molecule has 0 atom stereocenters. The van der Waals surface area contributed by atoms with Crippen molar-refractivity contribution in [1.82, 2.24) is 9.88 Å². The van der Waals surface area contributed by atoms with E-state index in [1.165, 1.54) is 34.1 Å². The Hall–Kier alpha value is -3.05. The van der Waals surface area contributed by atoms with Crippen molar-refractivity contribution in [1.29, 1.82) is 0 Å². The molecule has 1 aliphatic rings. The number of para-hydroxylation sites is 1. The number of hydrogen-bond donors (Lipinski definition) is 1. The standard InChI is InChI=1S/C26H27N3OS/c1-6-20-10-12-22(13-11-20)27-26-28-25(30)23(31-26)15-21-14-18(4)29(19(21)5)24-16(2)8-7-9-17(24)3/h7-15H,6H2,1-5H3,(H,27,28,30)/b23-15-. The van der Waals surface area contributed by atoms with Crippen LogP contribution in [0.4, 0.5) is 5.69 Å². The summed E-state index contributed by atoms with van der Waals surface area (Å²) in [6.45, 7) is 10.6. The Morgan fingerprint density at radius 3 is 2.35 bits per heavy atom. The maximum absolute atomic E-state index is 12.6. The Morgan fingerprint density at radius 2 is 1.71 bits per heavy atom. The van der Waals surface area contributed by atoms with Crippen molar-refractivity contribution in [2.45, 2.75) is 41.0 Å². The van der Waals surface area contributed by atoms with Gasteiger partial charge in [-0.2, -0.15) is 0 Å². The van der Waals surface area contributed by atoms with Crippen molar-refractivity contribution in [3.63, 3.8) is 0 Å². The lowest BCUT2D eigenvalue weighted by atomic mass is 10.1. The van der Waals surface area contributed by atoms with Crippen LogP contribution >= 0.6 is 11.8 Å². The molecule has 0 spiro atoms. The number of benzene rings is 2. The molecule has 1 aromatic heterocycles. The number of nitrogens with one attached hydrogen (secondary N) is 1. The van der Waals surface area contributed by atoms with Gasteiger partial charge in [0, 0.05) is 11.4 Å². The molecule has 1 amide bonds. The van der Waals surface area contributed by atoms with Crippen molar-refractivity contribution in [2.75, 3.05) is 0 Å². The van der Waals surface area contributed by atoms with Crippen LogP contribution in [0.2, 0.25) is 0 Å². The Morgan fingerprint density at radius 1 is 1.03 bits per heavy atom. The second-order valence-electron chi connectivity index (χ2n) is 7.90. The van der Waals surface area contributed by atoms with Crippen molar-refractivity contribution in [3.05, 3.63) is 87.1 Å². The number of aromatic nitrogens is 1. The monoisotopic (exact) mass is 429 g/mol. The molecule has 1 aliphatic heterocycles. The van der Waals surface area contributed by atoms with Crippen molar-refractivity contribution in [3.8, 4) is 5.69 Å². The normalized spacial score (nSPS) is 16.4. The van der Waals surface area contributed by atoms with Crippen molar-refractivity contribution in [2.24, 2.45) is 4.99 Å². The van der Waals surface area contributed by atoms with Gasteiger partial charge in [0.2, 0.25) is 0 Å². The van der Waals surface area contributed by atoms with Crippen molar-refractivity contribution >= 4 is 34.6 Å². The predicted molar refractivity (Wildman–Crippen MR) is 131 cm³/mol. The highest BCUT2D eigenvalue weighted by Gasteiger charge is 2.25. The fourth-order valence-corrected chi connectivity index (χ4v) is 4.81. The van der Waals surface area contributed by atoms with Crippen LogP contribution in [0.25, 0.3) is 11.8 Å². The number of hydrogen-bond acceptors (Lipinski definition) is 3. The van der Waals surface area contributed by atoms with E-state index in [1.807, 2.05) is 18.2 Å². The minimum atomic E-state index is -0.106. The Bertz CT molecular complexity index is 1200. The first-order valence-electron chi connectivity index (χ1n) is 10.5. The number of carbonyl (C=O) groups is 1. The molecule has 4 rings (SSSR count).